The van der Waals surface area contributed by atoms with Crippen molar-refractivity contribution in [1.82, 2.24) is 0 Å². The Kier molecular flexibility index (Phi) is 4.93. The van der Waals surface area contributed by atoms with E-state index in [2.05, 4.69) is 50.1 Å². The third kappa shape index (κ3) is 3.00. The number of aliphatic hydroxyl groups is 1. The van der Waals surface area contributed by atoms with Crippen molar-refractivity contribution in [1.29, 1.82) is 0 Å². The molecule has 0 aliphatic heterocycles. The first-order chi connectivity index (χ1) is 14.4. The molecule has 1 aromatic carbocycles. The van der Waals surface area contributed by atoms with E-state index >= 15 is 0 Å². The Morgan fingerprint density at radius 2 is 1.87 bits per heavy atom. The van der Waals surface area contributed by atoms with E-state index in [4.69, 9.17) is 0 Å². The number of nitrogens with zero attached hydrogens (tertiary/aromatic N) is 1. The zero-order valence-corrected chi connectivity index (χ0v) is 18.7. The first kappa shape index (κ1) is 20.1. The topological polar surface area (TPSA) is 40.5 Å². The minimum Gasteiger partial charge on any atom is -0.393 e. The highest BCUT2D eigenvalue weighted by molar-refractivity contribution is 5.93. The highest BCUT2D eigenvalue weighted by Crippen LogP contribution is 2.63. The van der Waals surface area contributed by atoms with Gasteiger partial charge in [-0.3, -0.25) is 4.79 Å². The van der Waals surface area contributed by atoms with E-state index in [9.17, 15) is 9.90 Å². The fourth-order valence-electron chi connectivity index (χ4n) is 7.08. The van der Waals surface area contributed by atoms with Crippen molar-refractivity contribution in [3.05, 3.63) is 52.6 Å². The normalized spacial score (nSPS) is 35.5. The van der Waals surface area contributed by atoms with E-state index in [1.54, 1.807) is 5.57 Å². The van der Waals surface area contributed by atoms with E-state index in [1.165, 1.54) is 22.4 Å². The zero-order valence-electron chi connectivity index (χ0n) is 18.7. The smallest absolute Gasteiger partial charge is 0.156 e. The maximum Gasteiger partial charge on any atom is 0.156 e. The molecule has 0 amide bonds. The lowest BCUT2D eigenvalue weighted by molar-refractivity contribution is -0.114. The van der Waals surface area contributed by atoms with Gasteiger partial charge in [0.1, 0.15) is 0 Å². The molecule has 4 aliphatic carbocycles. The van der Waals surface area contributed by atoms with Gasteiger partial charge in [0.25, 0.3) is 0 Å². The summed E-state index contributed by atoms with van der Waals surface area (Å²) in [6.07, 6.45) is 8.60. The van der Waals surface area contributed by atoms with Gasteiger partial charge in [0, 0.05) is 31.6 Å². The van der Waals surface area contributed by atoms with E-state index in [0.29, 0.717) is 30.0 Å². The van der Waals surface area contributed by atoms with Gasteiger partial charge >= 0.3 is 0 Å². The summed E-state index contributed by atoms with van der Waals surface area (Å²) >= 11 is 0. The quantitative estimate of drug-likeness (QED) is 0.732. The van der Waals surface area contributed by atoms with Crippen molar-refractivity contribution < 1.29 is 9.90 Å². The van der Waals surface area contributed by atoms with E-state index in [0.717, 1.165) is 45.1 Å². The maximum absolute atomic E-state index is 12.1. The number of allylic oxidation sites excluding steroid dienone is 4. The lowest BCUT2D eigenvalue weighted by Crippen LogP contribution is -2.45. The molecule has 1 N–H and O–H groups in total. The summed E-state index contributed by atoms with van der Waals surface area (Å²) in [5.74, 6) is 1.80. The Hall–Kier alpha value is -1.87. The molecule has 0 radical (unpaired) electrons. The number of anilines is 1. The number of carbonyl (C=O) groups is 1. The Bertz CT molecular complexity index is 911. The molecule has 0 bridgehead atoms. The molecule has 2 fully saturated rings. The average Bonchev–Trinajstić information content (AvgIpc) is 3.06. The van der Waals surface area contributed by atoms with Crippen LogP contribution in [0.25, 0.3) is 0 Å². The van der Waals surface area contributed by atoms with Crippen LogP contribution in [0.5, 0.6) is 0 Å². The van der Waals surface area contributed by atoms with E-state index in [1.807, 2.05) is 6.08 Å². The van der Waals surface area contributed by atoms with Gasteiger partial charge in [-0.25, -0.2) is 0 Å². The molecule has 4 aliphatic rings. The first-order valence-electron chi connectivity index (χ1n) is 11.9. The molecular formula is C27H35NO2. The third-order valence-electron chi connectivity index (χ3n) is 8.89. The number of benzene rings is 1. The van der Waals surface area contributed by atoms with Gasteiger partial charge in [0.2, 0.25) is 0 Å². The molecule has 2 saturated carbocycles. The van der Waals surface area contributed by atoms with Crippen molar-refractivity contribution in [3.8, 4) is 0 Å². The summed E-state index contributed by atoms with van der Waals surface area (Å²) in [5.41, 5.74) is 7.06. The molecule has 1 aromatic rings. The van der Waals surface area contributed by atoms with E-state index in [-0.39, 0.29) is 11.5 Å². The minimum absolute atomic E-state index is 0.00395. The number of hydrogen-bond acceptors (Lipinski definition) is 3. The molecule has 5 rings (SSSR count). The lowest BCUT2D eigenvalue weighted by Gasteiger charge is -2.52. The van der Waals surface area contributed by atoms with Crippen LogP contribution in [0.15, 0.2) is 47.1 Å². The SMILES string of the molecule is CCN(C)c1ccc(C2CC3(C)C(O)CCC3C3CCC4=CC(=O)CCC4=C23)cc1. The number of fused-ring (bicyclic) bond motifs is 4. The monoisotopic (exact) mass is 405 g/mol. The highest BCUT2D eigenvalue weighted by Gasteiger charge is 2.56. The van der Waals surface area contributed by atoms with Crippen molar-refractivity contribution in [2.24, 2.45) is 17.3 Å². The predicted molar refractivity (Wildman–Crippen MR) is 122 cm³/mol. The highest BCUT2D eigenvalue weighted by atomic mass is 16.3. The van der Waals surface area contributed by atoms with Gasteiger partial charge in [-0.2, -0.15) is 0 Å². The predicted octanol–water partition coefficient (Wildman–Crippen LogP) is 5.40. The minimum atomic E-state index is -0.188. The summed E-state index contributed by atoms with van der Waals surface area (Å²) in [6, 6.07) is 9.13. The standard InChI is InChI=1S/C27H35NO2/c1-4-28(3)19-8-5-17(6-9-19)23-16-27(2)24(13-14-25(27)30)22-11-7-18-15-20(29)10-12-21(18)26(22)23/h5-6,8-9,15,22-25,30H,4,7,10-14,16H2,1-3H3. The van der Waals surface area contributed by atoms with Crippen molar-refractivity contribution in [2.75, 3.05) is 18.5 Å². The number of carbonyl (C=O) groups excluding carboxylic acids is 1. The van der Waals surface area contributed by atoms with Gasteiger partial charge in [0.05, 0.1) is 6.10 Å². The van der Waals surface area contributed by atoms with Gasteiger partial charge < -0.3 is 10.0 Å². The van der Waals surface area contributed by atoms with Gasteiger partial charge in [-0.15, -0.1) is 0 Å². The van der Waals surface area contributed by atoms with Crippen LogP contribution in [0.1, 0.15) is 70.3 Å². The molecule has 0 spiro atoms. The van der Waals surface area contributed by atoms with Crippen LogP contribution in [0.2, 0.25) is 0 Å². The van der Waals surface area contributed by atoms with Crippen LogP contribution in [-0.2, 0) is 4.79 Å². The number of aliphatic hydroxyl groups excluding tert-OH is 1. The number of ketones is 1. The zero-order chi connectivity index (χ0) is 21.0. The molecule has 5 unspecified atom stereocenters. The van der Waals surface area contributed by atoms with Crippen molar-refractivity contribution in [2.45, 2.75) is 70.8 Å². The van der Waals surface area contributed by atoms with Crippen molar-refractivity contribution >= 4 is 11.5 Å². The number of hydrogen-bond donors (Lipinski definition) is 1. The fraction of sp³-hybridized carbons (Fsp3) is 0.593. The summed E-state index contributed by atoms with van der Waals surface area (Å²) in [4.78, 5) is 14.4. The molecule has 30 heavy (non-hydrogen) atoms. The van der Waals surface area contributed by atoms with Crippen molar-refractivity contribution in [3.63, 3.8) is 0 Å². The van der Waals surface area contributed by atoms with Crippen LogP contribution in [0.4, 0.5) is 5.69 Å². The number of rotatable bonds is 3. The van der Waals surface area contributed by atoms with E-state index < -0.39 is 0 Å². The molecule has 160 valence electrons. The molecule has 0 heterocycles. The van der Waals surface area contributed by atoms with Gasteiger partial charge in [0.15, 0.2) is 5.78 Å². The molecular weight excluding hydrogens is 370 g/mol. The fourth-order valence-corrected chi connectivity index (χ4v) is 7.08. The average molecular weight is 406 g/mol. The van der Waals surface area contributed by atoms with Crippen LogP contribution in [0, 0.1) is 17.3 Å². The lowest BCUT2D eigenvalue weighted by atomic mass is 9.53. The molecule has 3 heteroatoms. The second-order valence-electron chi connectivity index (χ2n) is 10.3. The molecule has 0 saturated heterocycles. The van der Waals surface area contributed by atoms with Gasteiger partial charge in [-0.1, -0.05) is 24.6 Å². The Morgan fingerprint density at radius 3 is 2.60 bits per heavy atom. The van der Waals surface area contributed by atoms with Crippen LogP contribution in [-0.4, -0.2) is 30.6 Å². The second kappa shape index (κ2) is 7.37. The second-order valence-corrected chi connectivity index (χ2v) is 10.3. The van der Waals surface area contributed by atoms with Gasteiger partial charge in [-0.05, 0) is 97.6 Å². The first-order valence-corrected chi connectivity index (χ1v) is 11.9. The van der Waals surface area contributed by atoms with Crippen LogP contribution in [0.3, 0.4) is 0 Å². The third-order valence-corrected chi connectivity index (χ3v) is 8.89. The molecule has 0 aromatic heterocycles. The Balaban J connectivity index is 1.62. The Labute approximate surface area is 180 Å². The summed E-state index contributed by atoms with van der Waals surface area (Å²) in [5, 5.41) is 11.0. The Morgan fingerprint density at radius 1 is 1.10 bits per heavy atom. The molecule has 5 atom stereocenters. The maximum atomic E-state index is 12.1. The molecule has 3 nitrogen and oxygen atoms in total. The summed E-state index contributed by atoms with van der Waals surface area (Å²) in [7, 11) is 2.13. The van der Waals surface area contributed by atoms with Crippen LogP contribution >= 0.6 is 0 Å². The summed E-state index contributed by atoms with van der Waals surface area (Å²) in [6.45, 7) is 5.52. The summed E-state index contributed by atoms with van der Waals surface area (Å²) < 4.78 is 0. The van der Waals surface area contributed by atoms with Crippen LogP contribution < -0.4 is 4.90 Å². The largest absolute Gasteiger partial charge is 0.393 e.